The lowest BCUT2D eigenvalue weighted by atomic mass is 9.96. The average Bonchev–Trinajstić information content (AvgIpc) is 2.48. The zero-order chi connectivity index (χ0) is 14.5. The molecular weight excluding hydrogens is 244 g/mol. The van der Waals surface area contributed by atoms with Crippen molar-refractivity contribution in [2.45, 2.75) is 64.5 Å². The summed E-state index contributed by atoms with van der Waals surface area (Å²) in [6.07, 6.45) is 5.30. The quantitative estimate of drug-likeness (QED) is 0.877. The second-order valence-electron chi connectivity index (χ2n) is 6.48. The molecule has 0 spiro atoms. The topological polar surface area (TPSA) is 29.3 Å². The van der Waals surface area contributed by atoms with Gasteiger partial charge in [-0.2, -0.15) is 0 Å². The largest absolute Gasteiger partial charge is 0.323 e. The predicted molar refractivity (Wildman–Crippen MR) is 87.0 cm³/mol. The Labute approximate surface area is 124 Å². The fourth-order valence-electron chi connectivity index (χ4n) is 3.25. The molecule has 2 rings (SSSR count). The summed E-state index contributed by atoms with van der Waals surface area (Å²) in [5.41, 5.74) is 9.09. The Morgan fingerprint density at radius 3 is 2.40 bits per heavy atom. The highest BCUT2D eigenvalue weighted by Crippen LogP contribution is 2.23. The molecule has 2 atom stereocenters. The summed E-state index contributed by atoms with van der Waals surface area (Å²) in [6.45, 7) is 8.98. The van der Waals surface area contributed by atoms with Crippen LogP contribution in [0.5, 0.6) is 0 Å². The Kier molecular flexibility index (Phi) is 5.62. The van der Waals surface area contributed by atoms with E-state index in [1.165, 1.54) is 43.4 Å². The minimum absolute atomic E-state index is 0.142. The lowest BCUT2D eigenvalue weighted by molar-refractivity contribution is 0.136. The van der Waals surface area contributed by atoms with E-state index in [9.17, 15) is 0 Å². The molecule has 1 heterocycles. The van der Waals surface area contributed by atoms with E-state index in [1.54, 1.807) is 0 Å². The third-order valence-electron chi connectivity index (χ3n) is 4.68. The first-order valence-corrected chi connectivity index (χ1v) is 8.21. The van der Waals surface area contributed by atoms with E-state index in [0.717, 1.165) is 12.6 Å². The van der Waals surface area contributed by atoms with Gasteiger partial charge in [0, 0.05) is 18.6 Å². The first-order valence-electron chi connectivity index (χ1n) is 8.21. The molecule has 1 aromatic carbocycles. The van der Waals surface area contributed by atoms with Gasteiger partial charge in [-0.3, -0.25) is 4.90 Å². The van der Waals surface area contributed by atoms with Crippen LogP contribution in [-0.2, 0) is 0 Å². The lowest BCUT2D eigenvalue weighted by Crippen LogP contribution is -2.42. The van der Waals surface area contributed by atoms with E-state index in [1.807, 2.05) is 0 Å². The Morgan fingerprint density at radius 2 is 1.80 bits per heavy atom. The molecule has 0 saturated carbocycles. The van der Waals surface area contributed by atoms with Gasteiger partial charge >= 0.3 is 0 Å². The molecule has 1 aliphatic rings. The summed E-state index contributed by atoms with van der Waals surface area (Å²) in [6, 6.07) is 9.77. The van der Waals surface area contributed by atoms with Gasteiger partial charge in [0.1, 0.15) is 0 Å². The molecule has 20 heavy (non-hydrogen) atoms. The third kappa shape index (κ3) is 3.83. The second kappa shape index (κ2) is 7.24. The Morgan fingerprint density at radius 1 is 1.15 bits per heavy atom. The average molecular weight is 274 g/mol. The zero-order valence-corrected chi connectivity index (χ0v) is 13.3. The minimum atomic E-state index is 0.142. The Bertz CT molecular complexity index is 396. The van der Waals surface area contributed by atoms with E-state index in [-0.39, 0.29) is 6.04 Å². The van der Waals surface area contributed by atoms with Crippen molar-refractivity contribution in [1.82, 2.24) is 4.90 Å². The highest BCUT2D eigenvalue weighted by Gasteiger charge is 2.22. The number of nitrogens with zero attached hydrogens (tertiary/aromatic N) is 1. The van der Waals surface area contributed by atoms with E-state index in [4.69, 9.17) is 5.73 Å². The summed E-state index contributed by atoms with van der Waals surface area (Å²) < 4.78 is 0. The van der Waals surface area contributed by atoms with E-state index in [0.29, 0.717) is 5.92 Å². The van der Waals surface area contributed by atoms with Gasteiger partial charge in [0.05, 0.1) is 0 Å². The van der Waals surface area contributed by atoms with Crippen molar-refractivity contribution in [1.29, 1.82) is 0 Å². The van der Waals surface area contributed by atoms with E-state index >= 15 is 0 Å². The molecule has 2 unspecified atom stereocenters. The second-order valence-corrected chi connectivity index (χ2v) is 6.48. The molecule has 0 amide bonds. The summed E-state index contributed by atoms with van der Waals surface area (Å²) in [7, 11) is 0. The van der Waals surface area contributed by atoms with Gasteiger partial charge < -0.3 is 5.73 Å². The number of likely N-dealkylation sites (tertiary alicyclic amines) is 1. The number of hydrogen-bond donors (Lipinski definition) is 1. The van der Waals surface area contributed by atoms with E-state index in [2.05, 4.69) is 49.9 Å². The highest BCUT2D eigenvalue weighted by molar-refractivity contribution is 5.26. The first kappa shape index (κ1) is 15.5. The molecule has 0 radical (unpaired) electrons. The summed E-state index contributed by atoms with van der Waals surface area (Å²) in [4.78, 5) is 2.60. The van der Waals surface area contributed by atoms with Gasteiger partial charge in [-0.1, -0.05) is 51.5 Å². The molecule has 112 valence electrons. The standard InChI is InChI=1S/C18H30N2/c1-4-17-7-5-6-12-20(17)13-18(19)16-10-8-15(9-11-16)14(2)3/h8-11,14,17-18H,4-7,12-13,19H2,1-3H3. The van der Waals surface area contributed by atoms with Crippen molar-refractivity contribution in [3.8, 4) is 0 Å². The van der Waals surface area contributed by atoms with Gasteiger partial charge in [-0.05, 0) is 42.9 Å². The van der Waals surface area contributed by atoms with Crippen molar-refractivity contribution in [3.63, 3.8) is 0 Å². The van der Waals surface area contributed by atoms with Crippen molar-refractivity contribution < 1.29 is 0 Å². The monoisotopic (exact) mass is 274 g/mol. The van der Waals surface area contributed by atoms with Crippen LogP contribution in [0.25, 0.3) is 0 Å². The Balaban J connectivity index is 1.98. The highest BCUT2D eigenvalue weighted by atomic mass is 15.2. The van der Waals surface area contributed by atoms with Crippen LogP contribution in [0.1, 0.15) is 69.5 Å². The summed E-state index contributed by atoms with van der Waals surface area (Å²) >= 11 is 0. The maximum absolute atomic E-state index is 6.43. The van der Waals surface area contributed by atoms with Gasteiger partial charge in [0.15, 0.2) is 0 Å². The molecule has 1 aliphatic heterocycles. The molecule has 2 nitrogen and oxygen atoms in total. The number of nitrogens with two attached hydrogens (primary N) is 1. The summed E-state index contributed by atoms with van der Waals surface area (Å²) in [5.74, 6) is 0.590. The fraction of sp³-hybridized carbons (Fsp3) is 0.667. The van der Waals surface area contributed by atoms with Crippen molar-refractivity contribution in [2.24, 2.45) is 5.73 Å². The summed E-state index contributed by atoms with van der Waals surface area (Å²) in [5, 5.41) is 0. The van der Waals surface area contributed by atoms with Crippen molar-refractivity contribution in [3.05, 3.63) is 35.4 Å². The molecule has 1 fully saturated rings. The molecule has 2 heteroatoms. The number of rotatable bonds is 5. The van der Waals surface area contributed by atoms with Crippen molar-refractivity contribution >= 4 is 0 Å². The van der Waals surface area contributed by atoms with Gasteiger partial charge in [0.25, 0.3) is 0 Å². The van der Waals surface area contributed by atoms with Crippen LogP contribution < -0.4 is 5.73 Å². The number of benzene rings is 1. The lowest BCUT2D eigenvalue weighted by Gasteiger charge is -2.36. The van der Waals surface area contributed by atoms with Crippen LogP contribution in [-0.4, -0.2) is 24.0 Å². The molecular formula is C18H30N2. The number of hydrogen-bond acceptors (Lipinski definition) is 2. The predicted octanol–water partition coefficient (Wildman–Crippen LogP) is 4.07. The van der Waals surface area contributed by atoms with Crippen LogP contribution in [0.2, 0.25) is 0 Å². The van der Waals surface area contributed by atoms with E-state index < -0.39 is 0 Å². The smallest absolute Gasteiger partial charge is 0.0424 e. The van der Waals surface area contributed by atoms with Crippen LogP contribution in [0, 0.1) is 0 Å². The maximum Gasteiger partial charge on any atom is 0.0424 e. The van der Waals surface area contributed by atoms with Crippen LogP contribution in [0.15, 0.2) is 24.3 Å². The molecule has 1 saturated heterocycles. The van der Waals surface area contributed by atoms with Crippen LogP contribution in [0.3, 0.4) is 0 Å². The van der Waals surface area contributed by atoms with Gasteiger partial charge in [0.2, 0.25) is 0 Å². The first-order chi connectivity index (χ1) is 9.61. The third-order valence-corrected chi connectivity index (χ3v) is 4.68. The molecule has 2 N–H and O–H groups in total. The van der Waals surface area contributed by atoms with Crippen LogP contribution in [0.4, 0.5) is 0 Å². The maximum atomic E-state index is 6.43. The zero-order valence-electron chi connectivity index (χ0n) is 13.3. The molecule has 0 aromatic heterocycles. The number of piperidine rings is 1. The molecule has 0 bridgehead atoms. The van der Waals surface area contributed by atoms with Gasteiger partial charge in [-0.25, -0.2) is 0 Å². The SMILES string of the molecule is CCC1CCCCN1CC(N)c1ccc(C(C)C)cc1. The molecule has 0 aliphatic carbocycles. The van der Waals surface area contributed by atoms with Crippen LogP contribution >= 0.6 is 0 Å². The Hall–Kier alpha value is -0.860. The normalized spacial score (nSPS) is 22.1. The fourth-order valence-corrected chi connectivity index (χ4v) is 3.25. The molecule has 1 aromatic rings. The van der Waals surface area contributed by atoms with Gasteiger partial charge in [-0.15, -0.1) is 0 Å². The minimum Gasteiger partial charge on any atom is -0.323 e. The van der Waals surface area contributed by atoms with Crippen molar-refractivity contribution in [2.75, 3.05) is 13.1 Å².